The van der Waals surface area contributed by atoms with E-state index in [1.807, 2.05) is 24.4 Å². The van der Waals surface area contributed by atoms with Crippen LogP contribution in [-0.2, 0) is 16.4 Å². The van der Waals surface area contributed by atoms with Crippen molar-refractivity contribution < 1.29 is 13.2 Å². The number of hydrogen-bond donors (Lipinski definition) is 2. The summed E-state index contributed by atoms with van der Waals surface area (Å²) < 4.78 is 26.2. The highest BCUT2D eigenvalue weighted by molar-refractivity contribution is 7.89. The number of hydrogen-bond acceptors (Lipinski definition) is 6. The molecule has 0 radical (unpaired) electrons. The predicted molar refractivity (Wildman–Crippen MR) is 114 cm³/mol. The first-order chi connectivity index (χ1) is 13.3. The minimum atomic E-state index is -3.59. The first-order valence-corrected chi connectivity index (χ1v) is 11.8. The summed E-state index contributed by atoms with van der Waals surface area (Å²) in [6, 6.07) is 8.63. The van der Waals surface area contributed by atoms with E-state index in [-0.39, 0.29) is 10.8 Å². The lowest BCUT2D eigenvalue weighted by molar-refractivity contribution is 0.0953. The highest BCUT2D eigenvalue weighted by Gasteiger charge is 2.16. The molecule has 2 aromatic heterocycles. The van der Waals surface area contributed by atoms with Gasteiger partial charge < -0.3 is 5.32 Å². The molecule has 3 rings (SSSR count). The van der Waals surface area contributed by atoms with Crippen molar-refractivity contribution in [3.63, 3.8) is 0 Å². The molecule has 0 unspecified atom stereocenters. The molecule has 148 valence electrons. The van der Waals surface area contributed by atoms with Crippen LogP contribution in [0.15, 0.2) is 40.6 Å². The van der Waals surface area contributed by atoms with E-state index in [4.69, 9.17) is 0 Å². The minimum Gasteiger partial charge on any atom is -0.352 e. The van der Waals surface area contributed by atoms with Crippen molar-refractivity contribution in [3.8, 4) is 10.6 Å². The number of aromatic nitrogens is 1. The zero-order valence-corrected chi connectivity index (χ0v) is 18.2. The highest BCUT2D eigenvalue weighted by Crippen LogP contribution is 2.29. The van der Waals surface area contributed by atoms with Crippen LogP contribution in [0.1, 0.15) is 25.8 Å². The molecule has 0 saturated heterocycles. The van der Waals surface area contributed by atoms with E-state index in [2.05, 4.69) is 15.0 Å². The molecular formula is C19H21N3O3S3. The summed E-state index contributed by atoms with van der Waals surface area (Å²) in [6.07, 6.45) is 0.701. The summed E-state index contributed by atoms with van der Waals surface area (Å²) in [5.41, 5.74) is 2.08. The number of carbonyl (C=O) groups excluding carboxylic acids is 1. The molecule has 0 atom stereocenters. The topological polar surface area (TPSA) is 88.2 Å². The minimum absolute atomic E-state index is 0.0761. The summed E-state index contributed by atoms with van der Waals surface area (Å²) in [4.78, 5) is 19.4. The molecule has 9 heteroatoms. The largest absolute Gasteiger partial charge is 0.352 e. The maximum absolute atomic E-state index is 12.5. The van der Waals surface area contributed by atoms with Crippen molar-refractivity contribution >= 4 is 38.6 Å². The van der Waals surface area contributed by atoms with E-state index in [1.54, 1.807) is 35.7 Å². The first-order valence-electron chi connectivity index (χ1n) is 8.64. The number of sulfonamides is 1. The van der Waals surface area contributed by atoms with Crippen LogP contribution < -0.4 is 10.0 Å². The quantitative estimate of drug-likeness (QED) is 0.596. The average Bonchev–Trinajstić information content (AvgIpc) is 3.30. The van der Waals surface area contributed by atoms with Crippen molar-refractivity contribution in [2.45, 2.75) is 25.2 Å². The number of aryl methyl sites for hydroxylation is 2. The van der Waals surface area contributed by atoms with E-state index in [9.17, 15) is 13.2 Å². The molecule has 3 aromatic rings. The van der Waals surface area contributed by atoms with Gasteiger partial charge in [0.15, 0.2) is 0 Å². The lowest BCUT2D eigenvalue weighted by Crippen LogP contribution is -2.27. The van der Waals surface area contributed by atoms with Gasteiger partial charge in [0.05, 0.1) is 20.5 Å². The Morgan fingerprint density at radius 1 is 1.18 bits per heavy atom. The van der Waals surface area contributed by atoms with Gasteiger partial charge in [-0.25, -0.2) is 18.1 Å². The van der Waals surface area contributed by atoms with Gasteiger partial charge in [0.25, 0.3) is 5.91 Å². The van der Waals surface area contributed by atoms with Crippen molar-refractivity contribution in [2.75, 3.05) is 13.6 Å². The number of thiophene rings is 1. The van der Waals surface area contributed by atoms with Crippen LogP contribution in [0.4, 0.5) is 0 Å². The number of benzene rings is 1. The standard InChI is InChI=1S/C19H21N3O3S3/c1-12-4-6-15(28(24,25)20-3)10-16(12)19(23)21-9-8-14-5-7-18(27-14)17-11-26-13(2)22-17/h4-7,10-11,20H,8-9H2,1-3H3,(H,21,23). The maximum atomic E-state index is 12.5. The van der Waals surface area contributed by atoms with Gasteiger partial charge in [0, 0.05) is 22.4 Å². The molecule has 1 aromatic carbocycles. The van der Waals surface area contributed by atoms with Gasteiger partial charge in [-0.2, -0.15) is 0 Å². The number of carbonyl (C=O) groups is 1. The Kier molecular flexibility index (Phi) is 6.29. The van der Waals surface area contributed by atoms with E-state index in [1.165, 1.54) is 19.2 Å². The van der Waals surface area contributed by atoms with Gasteiger partial charge >= 0.3 is 0 Å². The highest BCUT2D eigenvalue weighted by atomic mass is 32.2. The normalized spacial score (nSPS) is 11.5. The Morgan fingerprint density at radius 3 is 2.64 bits per heavy atom. The van der Waals surface area contributed by atoms with Crippen molar-refractivity contribution in [1.29, 1.82) is 0 Å². The van der Waals surface area contributed by atoms with Gasteiger partial charge in [-0.15, -0.1) is 22.7 Å². The van der Waals surface area contributed by atoms with Crippen molar-refractivity contribution in [3.05, 3.63) is 56.7 Å². The molecule has 2 N–H and O–H groups in total. The third-order valence-corrected chi connectivity index (χ3v) is 7.58. The van der Waals surface area contributed by atoms with Crippen LogP contribution in [0.3, 0.4) is 0 Å². The van der Waals surface area contributed by atoms with Crippen LogP contribution in [-0.4, -0.2) is 32.9 Å². The molecule has 0 fully saturated rings. The van der Waals surface area contributed by atoms with Crippen molar-refractivity contribution in [1.82, 2.24) is 15.0 Å². The number of thiazole rings is 1. The van der Waals surface area contributed by atoms with Gasteiger partial charge in [-0.1, -0.05) is 6.07 Å². The van der Waals surface area contributed by atoms with E-state index >= 15 is 0 Å². The van der Waals surface area contributed by atoms with Gasteiger partial charge in [0.1, 0.15) is 0 Å². The Bertz CT molecular complexity index is 1100. The molecule has 0 aliphatic heterocycles. The summed E-state index contributed by atoms with van der Waals surface area (Å²) in [5.74, 6) is -0.280. The molecule has 2 heterocycles. The fourth-order valence-corrected chi connectivity index (χ4v) is 5.06. The molecule has 0 aliphatic rings. The first kappa shape index (κ1) is 20.7. The van der Waals surface area contributed by atoms with E-state index in [0.29, 0.717) is 18.5 Å². The smallest absolute Gasteiger partial charge is 0.251 e. The zero-order chi connectivity index (χ0) is 20.3. The van der Waals surface area contributed by atoms with Crippen LogP contribution in [0.2, 0.25) is 0 Å². The molecule has 0 spiro atoms. The number of nitrogens with zero attached hydrogens (tertiary/aromatic N) is 1. The molecule has 0 saturated carbocycles. The van der Waals surface area contributed by atoms with E-state index < -0.39 is 10.0 Å². The molecule has 0 aliphatic carbocycles. The van der Waals surface area contributed by atoms with E-state index in [0.717, 1.165) is 26.0 Å². The molecular weight excluding hydrogens is 414 g/mol. The number of nitrogens with one attached hydrogen (secondary N) is 2. The fraction of sp³-hybridized carbons (Fsp3) is 0.263. The Labute approximate surface area is 172 Å². The Hall–Kier alpha value is -2.07. The van der Waals surface area contributed by atoms with Gasteiger partial charge in [0.2, 0.25) is 10.0 Å². The van der Waals surface area contributed by atoms with Gasteiger partial charge in [-0.3, -0.25) is 4.79 Å². The molecule has 1 amide bonds. The van der Waals surface area contributed by atoms with Crippen LogP contribution in [0, 0.1) is 13.8 Å². The summed E-state index contributed by atoms with van der Waals surface area (Å²) in [5, 5.41) is 5.96. The Morgan fingerprint density at radius 2 is 1.96 bits per heavy atom. The van der Waals surface area contributed by atoms with Crippen LogP contribution in [0.25, 0.3) is 10.6 Å². The second-order valence-electron chi connectivity index (χ2n) is 6.21. The summed E-state index contributed by atoms with van der Waals surface area (Å²) in [7, 11) is -2.25. The second-order valence-corrected chi connectivity index (χ2v) is 10.3. The molecule has 6 nitrogen and oxygen atoms in total. The second kappa shape index (κ2) is 8.52. The lowest BCUT2D eigenvalue weighted by Gasteiger charge is -2.10. The fourth-order valence-electron chi connectivity index (χ4n) is 2.65. The van der Waals surface area contributed by atoms with Crippen LogP contribution in [0.5, 0.6) is 0 Å². The molecule has 0 bridgehead atoms. The summed E-state index contributed by atoms with van der Waals surface area (Å²) in [6.45, 7) is 4.24. The Balaban J connectivity index is 1.63. The summed E-state index contributed by atoms with van der Waals surface area (Å²) >= 11 is 3.29. The van der Waals surface area contributed by atoms with Gasteiger partial charge in [-0.05, 0) is 57.1 Å². The SMILES string of the molecule is CNS(=O)(=O)c1ccc(C)c(C(=O)NCCc2ccc(-c3csc(C)n3)s2)c1. The predicted octanol–water partition coefficient (Wildman–Crippen LogP) is 3.37. The third kappa shape index (κ3) is 4.67. The third-order valence-electron chi connectivity index (χ3n) is 4.22. The molecule has 28 heavy (non-hydrogen) atoms. The monoisotopic (exact) mass is 435 g/mol. The van der Waals surface area contributed by atoms with Crippen molar-refractivity contribution in [2.24, 2.45) is 0 Å². The van der Waals surface area contributed by atoms with Crippen LogP contribution >= 0.6 is 22.7 Å². The number of amides is 1. The maximum Gasteiger partial charge on any atom is 0.251 e. The zero-order valence-electron chi connectivity index (χ0n) is 15.8. The lowest BCUT2D eigenvalue weighted by atomic mass is 10.1. The number of rotatable bonds is 7. The average molecular weight is 436 g/mol.